The van der Waals surface area contributed by atoms with Crippen LogP contribution in [0.1, 0.15) is 130 Å². The first-order valence-electron chi connectivity index (χ1n) is 16.6. The maximum atomic E-state index is 12.1. The molecule has 1 heterocycles. The summed E-state index contributed by atoms with van der Waals surface area (Å²) >= 11 is 2.26. The number of rotatable bonds is 29. The highest BCUT2D eigenvalue weighted by atomic mass is 127. The first-order chi connectivity index (χ1) is 19.9. The summed E-state index contributed by atoms with van der Waals surface area (Å²) in [6, 6.07) is 0. The van der Waals surface area contributed by atoms with E-state index < -0.39 is 0 Å². The van der Waals surface area contributed by atoms with Crippen molar-refractivity contribution < 1.29 is 23.7 Å². The highest BCUT2D eigenvalue weighted by molar-refractivity contribution is 14.1. The molecule has 0 radical (unpaired) electrons. The van der Waals surface area contributed by atoms with Crippen molar-refractivity contribution >= 4 is 50.1 Å². The largest absolute Gasteiger partial charge is 0.376 e. The molecule has 1 amide bonds. The Kier molecular flexibility index (Phi) is 27.4. The van der Waals surface area contributed by atoms with Crippen molar-refractivity contribution in [2.45, 2.75) is 159 Å². The van der Waals surface area contributed by atoms with E-state index in [0.29, 0.717) is 32.8 Å². The molecule has 244 valence electrons. The molecule has 0 saturated carbocycles. The van der Waals surface area contributed by atoms with E-state index >= 15 is 0 Å². The van der Waals surface area contributed by atoms with Crippen LogP contribution in [-0.2, 0) is 23.7 Å². The molecule has 0 aromatic heterocycles. The van der Waals surface area contributed by atoms with Gasteiger partial charge < -0.3 is 24.3 Å². The van der Waals surface area contributed by atoms with Gasteiger partial charge in [0.1, 0.15) is 22.4 Å². The van der Waals surface area contributed by atoms with E-state index in [9.17, 15) is 4.79 Å². The molecular formula is C32H62INO5S2. The van der Waals surface area contributed by atoms with Crippen LogP contribution in [0.25, 0.3) is 0 Å². The molecule has 1 N–H and O–H groups in total. The topological polar surface area (TPSA) is 66.0 Å². The van der Waals surface area contributed by atoms with E-state index in [0.717, 1.165) is 12.2 Å². The molecule has 6 nitrogen and oxygen atoms in total. The molecular weight excluding hydrogens is 669 g/mol. The Labute approximate surface area is 274 Å². The molecule has 0 bridgehead atoms. The van der Waals surface area contributed by atoms with Gasteiger partial charge in [0.15, 0.2) is 0 Å². The van der Waals surface area contributed by atoms with Gasteiger partial charge >= 0.3 is 0 Å². The molecule has 1 aliphatic heterocycles. The van der Waals surface area contributed by atoms with Crippen LogP contribution in [0.15, 0.2) is 0 Å². The maximum Gasteiger partial charge on any atom is 0.220 e. The van der Waals surface area contributed by atoms with Crippen LogP contribution in [0.3, 0.4) is 0 Å². The fourth-order valence-electron chi connectivity index (χ4n) is 4.84. The molecule has 0 aromatic carbocycles. The van der Waals surface area contributed by atoms with Gasteiger partial charge in [-0.1, -0.05) is 135 Å². The second-order valence-corrected chi connectivity index (χ2v) is 16.0. The summed E-state index contributed by atoms with van der Waals surface area (Å²) in [7, 11) is 3.75. The Morgan fingerprint density at radius 3 is 2.05 bits per heavy atom. The van der Waals surface area contributed by atoms with Gasteiger partial charge in [-0.05, 0) is 33.6 Å². The lowest BCUT2D eigenvalue weighted by Crippen LogP contribution is -2.39. The number of halogens is 1. The third-order valence-electron chi connectivity index (χ3n) is 7.20. The van der Waals surface area contributed by atoms with Crippen molar-refractivity contribution in [1.29, 1.82) is 0 Å². The Hall–Kier alpha value is 0.740. The van der Waals surface area contributed by atoms with Gasteiger partial charge in [0.05, 0.1) is 19.3 Å². The second-order valence-electron chi connectivity index (χ2n) is 11.5. The molecule has 0 aliphatic carbocycles. The van der Waals surface area contributed by atoms with Gasteiger partial charge in [0.25, 0.3) is 0 Å². The van der Waals surface area contributed by atoms with E-state index in [2.05, 4.69) is 34.8 Å². The molecule has 1 rings (SSSR count). The Morgan fingerprint density at radius 2 is 1.46 bits per heavy atom. The van der Waals surface area contributed by atoms with Crippen molar-refractivity contribution in [2.24, 2.45) is 0 Å². The monoisotopic (exact) mass is 731 g/mol. The zero-order valence-corrected chi connectivity index (χ0v) is 30.5. The number of alkyl halides is 1. The lowest BCUT2D eigenvalue weighted by atomic mass is 10.0. The lowest BCUT2D eigenvalue weighted by molar-refractivity contribution is -0.120. The van der Waals surface area contributed by atoms with Gasteiger partial charge in [0, 0.05) is 31.1 Å². The summed E-state index contributed by atoms with van der Waals surface area (Å²) in [6.45, 7) is 10.6. The number of carbonyl (C=O) groups is 1. The number of ether oxygens (including phenoxy) is 4. The Morgan fingerprint density at radius 1 is 0.878 bits per heavy atom. The number of amides is 1. The summed E-state index contributed by atoms with van der Waals surface area (Å²) in [6.07, 6.45) is 20.8. The molecule has 0 aromatic rings. The van der Waals surface area contributed by atoms with Gasteiger partial charge in [0.2, 0.25) is 5.91 Å². The third-order valence-corrected chi connectivity index (χ3v) is 9.98. The maximum absolute atomic E-state index is 12.1. The lowest BCUT2D eigenvalue weighted by Gasteiger charge is -2.25. The van der Waals surface area contributed by atoms with Crippen molar-refractivity contribution in [2.75, 3.05) is 37.9 Å². The number of carbonyl (C=O) groups excluding carboxylic acids is 1. The molecule has 0 spiro atoms. The molecule has 1 unspecified atom stereocenters. The summed E-state index contributed by atoms with van der Waals surface area (Å²) in [5.41, 5.74) is 0. The van der Waals surface area contributed by atoms with Gasteiger partial charge in [-0.3, -0.25) is 4.79 Å². The summed E-state index contributed by atoms with van der Waals surface area (Å²) in [4.78, 5) is 12.1. The average molecular weight is 732 g/mol. The first kappa shape index (κ1) is 39.8. The Bertz CT molecular complexity index is 602. The normalized spacial score (nSPS) is 19.7. The van der Waals surface area contributed by atoms with Gasteiger partial charge in [-0.2, -0.15) is 0 Å². The van der Waals surface area contributed by atoms with Crippen LogP contribution >= 0.6 is 44.2 Å². The van der Waals surface area contributed by atoms with E-state index in [1.807, 2.05) is 42.4 Å². The summed E-state index contributed by atoms with van der Waals surface area (Å²) in [5, 5.41) is 3.02. The van der Waals surface area contributed by atoms with Gasteiger partial charge in [-0.15, -0.1) is 0 Å². The van der Waals surface area contributed by atoms with Crippen LogP contribution in [0.5, 0.6) is 0 Å². The second kappa shape index (κ2) is 28.2. The summed E-state index contributed by atoms with van der Waals surface area (Å²) in [5.74, 6) is 2.20. The minimum atomic E-state index is -0.130. The van der Waals surface area contributed by atoms with Crippen molar-refractivity contribution in [3.8, 4) is 0 Å². The average Bonchev–Trinajstić information content (AvgIpc) is 3.31. The smallest absolute Gasteiger partial charge is 0.220 e. The number of hydrogen-bond donors (Lipinski definition) is 1. The highest BCUT2D eigenvalue weighted by Crippen LogP contribution is 2.25. The zero-order chi connectivity index (χ0) is 30.0. The summed E-state index contributed by atoms with van der Waals surface area (Å²) < 4.78 is 23.9. The molecule has 1 fully saturated rings. The quantitative estimate of drug-likeness (QED) is 0.0357. The van der Waals surface area contributed by atoms with E-state index in [1.54, 1.807) is 0 Å². The van der Waals surface area contributed by atoms with Crippen molar-refractivity contribution in [1.82, 2.24) is 5.32 Å². The molecule has 4 atom stereocenters. The first-order valence-corrected chi connectivity index (χ1v) is 20.3. The minimum Gasteiger partial charge on any atom is -0.376 e. The van der Waals surface area contributed by atoms with Crippen molar-refractivity contribution in [3.05, 3.63) is 0 Å². The predicted octanol–water partition coefficient (Wildman–Crippen LogP) is 9.12. The van der Waals surface area contributed by atoms with Crippen LogP contribution in [0, 0.1) is 0 Å². The molecule has 1 aliphatic rings. The Balaban J connectivity index is 1.89. The zero-order valence-electron chi connectivity index (χ0n) is 26.7. The molecule has 9 heteroatoms. The van der Waals surface area contributed by atoms with Gasteiger partial charge in [-0.25, -0.2) is 0 Å². The van der Waals surface area contributed by atoms with Crippen LogP contribution in [-0.4, -0.2) is 72.3 Å². The van der Waals surface area contributed by atoms with Crippen molar-refractivity contribution in [3.63, 3.8) is 0 Å². The van der Waals surface area contributed by atoms with Crippen LogP contribution in [0.4, 0.5) is 0 Å². The minimum absolute atomic E-state index is 0.0708. The van der Waals surface area contributed by atoms with E-state index in [1.165, 1.54) is 95.6 Å². The number of nitrogens with one attached hydrogen (secondary N) is 1. The number of unbranched alkanes of at least 4 members (excludes halogenated alkanes) is 13. The molecule has 41 heavy (non-hydrogen) atoms. The fraction of sp³-hybridized carbons (Fsp3) is 0.969. The predicted molar refractivity (Wildman–Crippen MR) is 186 cm³/mol. The third kappa shape index (κ3) is 23.7. The number of hydrogen-bond acceptors (Lipinski definition) is 7. The van der Waals surface area contributed by atoms with E-state index in [4.69, 9.17) is 18.9 Å². The highest BCUT2D eigenvalue weighted by Gasteiger charge is 2.40. The fourth-order valence-corrected chi connectivity index (χ4v) is 7.32. The molecule has 1 saturated heterocycles. The van der Waals surface area contributed by atoms with Crippen LogP contribution < -0.4 is 5.32 Å². The standard InChI is InChI=1S/C32H62INO5S2/c1-5-6-7-8-9-10-11-12-13-14-15-16-17-18-23-40-41-24-20-31(35)34-21-19-22-36-29-26-38-30(25-37-27(2)3)32(29)39-28(4)33/h27-30,32H,5-26H2,1-4H3,(H,34,35)/t28?,29-,30+,32-/m0/s1. The van der Waals surface area contributed by atoms with Crippen LogP contribution in [0.2, 0.25) is 0 Å². The van der Waals surface area contributed by atoms with E-state index in [-0.39, 0.29) is 34.4 Å². The SMILES string of the molecule is CCCCCCCCCCCCCCCCSSCCC(=O)NCCCO[C@H]1CO[C@H](COC(C)C)[C@H]1OC(C)I.